The van der Waals surface area contributed by atoms with E-state index >= 15 is 0 Å². The molecule has 0 amide bonds. The molecule has 1 saturated carbocycles. The van der Waals surface area contributed by atoms with Gasteiger partial charge in [-0.15, -0.1) is 11.3 Å². The molecule has 5 heteroatoms. The fraction of sp³-hybridized carbons (Fsp3) is 0.128. The van der Waals surface area contributed by atoms with E-state index < -0.39 is 5.97 Å². The molecule has 1 N–H and O–H groups in total. The second-order valence-electron chi connectivity index (χ2n) is 11.3. The Labute approximate surface area is 261 Å². The maximum Gasteiger partial charge on any atom is 0.333 e. The Morgan fingerprint density at radius 2 is 1.55 bits per heavy atom. The molecule has 0 radical (unpaired) electrons. The first-order chi connectivity index (χ1) is 21.6. The highest BCUT2D eigenvalue weighted by Crippen LogP contribution is 2.53. The molecular formula is C39H30N2O2S. The number of hydrogen-bond acceptors (Lipinski definition) is 3. The summed E-state index contributed by atoms with van der Waals surface area (Å²) in [5.41, 5.74) is 9.52. The lowest BCUT2D eigenvalue weighted by Gasteiger charge is -2.27. The summed E-state index contributed by atoms with van der Waals surface area (Å²) < 4.78 is 0. The predicted octanol–water partition coefficient (Wildman–Crippen LogP) is 10.1. The first-order valence-corrected chi connectivity index (χ1v) is 15.7. The third-order valence-electron chi connectivity index (χ3n) is 8.68. The number of fused-ring (bicyclic) bond motifs is 3. The highest BCUT2D eigenvalue weighted by atomic mass is 32.1. The van der Waals surface area contributed by atoms with Gasteiger partial charge in [0.05, 0.1) is 6.57 Å². The highest BCUT2D eigenvalue weighted by Gasteiger charge is 2.42. The van der Waals surface area contributed by atoms with Crippen molar-refractivity contribution in [3.63, 3.8) is 0 Å². The predicted molar refractivity (Wildman–Crippen MR) is 181 cm³/mol. The van der Waals surface area contributed by atoms with Gasteiger partial charge in [-0.05, 0) is 94.8 Å². The zero-order valence-electron chi connectivity index (χ0n) is 24.1. The molecule has 0 bridgehead atoms. The minimum Gasteiger partial charge on any atom is -0.486 e. The molecular weight excluding hydrogens is 561 g/mol. The molecule has 1 aromatic heterocycles. The molecule has 5 aromatic rings. The average molecular weight is 591 g/mol. The minimum absolute atomic E-state index is 0.269. The van der Waals surface area contributed by atoms with Crippen LogP contribution in [0.5, 0.6) is 0 Å². The van der Waals surface area contributed by atoms with Gasteiger partial charge in [0.25, 0.3) is 5.70 Å². The van der Waals surface area contributed by atoms with E-state index in [1.54, 1.807) is 0 Å². The normalized spacial score (nSPS) is 17.1. The third-order valence-corrected chi connectivity index (χ3v) is 9.76. The van der Waals surface area contributed by atoms with Crippen LogP contribution in [0.2, 0.25) is 0 Å². The monoisotopic (exact) mass is 590 g/mol. The second-order valence-corrected chi connectivity index (χ2v) is 12.4. The second kappa shape index (κ2) is 11.8. The van der Waals surface area contributed by atoms with E-state index in [-0.39, 0.29) is 5.70 Å². The summed E-state index contributed by atoms with van der Waals surface area (Å²) in [4.78, 5) is 18.8. The summed E-state index contributed by atoms with van der Waals surface area (Å²) in [5.74, 6) is -0.705. The SMILES string of the molecule is [C-]#[N+]/C(=C\c1ccc(-c2ccc3c(c2)C2CCCC2N3c2ccc(C=C(c3ccccc3)c3ccccc3)cc2)s1)C(=O)O. The van der Waals surface area contributed by atoms with Crippen LogP contribution in [0.4, 0.5) is 11.4 Å². The number of carboxylic acid groups (broad SMARTS) is 1. The van der Waals surface area contributed by atoms with Crippen LogP contribution >= 0.6 is 11.3 Å². The lowest BCUT2D eigenvalue weighted by atomic mass is 9.95. The van der Waals surface area contributed by atoms with Crippen molar-refractivity contribution < 1.29 is 9.90 Å². The molecule has 2 heterocycles. The van der Waals surface area contributed by atoms with E-state index in [1.165, 1.54) is 75.9 Å². The van der Waals surface area contributed by atoms with E-state index in [0.29, 0.717) is 12.0 Å². The first-order valence-electron chi connectivity index (χ1n) is 14.9. The summed E-state index contributed by atoms with van der Waals surface area (Å²) in [6.07, 6.45) is 7.30. The molecule has 214 valence electrons. The molecule has 4 nitrogen and oxygen atoms in total. The van der Waals surface area contributed by atoms with Gasteiger partial charge >= 0.3 is 5.97 Å². The molecule has 44 heavy (non-hydrogen) atoms. The van der Waals surface area contributed by atoms with Crippen molar-refractivity contribution in [3.8, 4) is 10.4 Å². The third kappa shape index (κ3) is 5.25. The molecule has 1 aliphatic heterocycles. The highest BCUT2D eigenvalue weighted by molar-refractivity contribution is 7.16. The Morgan fingerprint density at radius 1 is 0.841 bits per heavy atom. The van der Waals surface area contributed by atoms with Gasteiger partial charge in [0.2, 0.25) is 0 Å². The molecule has 4 aromatic carbocycles. The maximum absolute atomic E-state index is 11.3. The summed E-state index contributed by atoms with van der Waals surface area (Å²) in [6, 6.07) is 41.2. The number of anilines is 2. The Kier molecular flexibility index (Phi) is 7.43. The molecule has 0 saturated heterocycles. The van der Waals surface area contributed by atoms with E-state index in [1.807, 2.05) is 12.1 Å². The number of benzene rings is 4. The van der Waals surface area contributed by atoms with Gasteiger partial charge in [0.1, 0.15) is 0 Å². The minimum atomic E-state index is -1.20. The average Bonchev–Trinajstić information content (AvgIpc) is 3.80. The van der Waals surface area contributed by atoms with Crippen molar-refractivity contribution in [2.75, 3.05) is 4.90 Å². The van der Waals surface area contributed by atoms with Crippen LogP contribution < -0.4 is 4.90 Å². The molecule has 1 fully saturated rings. The number of rotatable bonds is 7. The number of nitrogens with zero attached hydrogens (tertiary/aromatic N) is 2. The van der Waals surface area contributed by atoms with E-state index in [9.17, 15) is 9.90 Å². The van der Waals surface area contributed by atoms with Gasteiger partial charge in [0, 0.05) is 33.1 Å². The largest absolute Gasteiger partial charge is 0.486 e. The van der Waals surface area contributed by atoms with Crippen molar-refractivity contribution in [1.29, 1.82) is 0 Å². The van der Waals surface area contributed by atoms with Crippen LogP contribution in [0.25, 0.3) is 33.0 Å². The van der Waals surface area contributed by atoms with Crippen molar-refractivity contribution in [3.05, 3.63) is 160 Å². The van der Waals surface area contributed by atoms with Crippen molar-refractivity contribution >= 4 is 46.4 Å². The number of aliphatic carboxylic acids is 1. The molecule has 7 rings (SSSR count). The molecule has 2 aliphatic rings. The van der Waals surface area contributed by atoms with Crippen molar-refractivity contribution in [1.82, 2.24) is 0 Å². The van der Waals surface area contributed by atoms with Crippen molar-refractivity contribution in [2.45, 2.75) is 31.2 Å². The maximum atomic E-state index is 11.3. The zero-order valence-corrected chi connectivity index (χ0v) is 24.9. The van der Waals surface area contributed by atoms with Crippen LogP contribution in [0.1, 0.15) is 52.3 Å². The smallest absolute Gasteiger partial charge is 0.333 e. The fourth-order valence-electron chi connectivity index (χ4n) is 6.67. The van der Waals surface area contributed by atoms with Crippen LogP contribution in [-0.2, 0) is 4.79 Å². The Hall–Kier alpha value is -5.18. The van der Waals surface area contributed by atoms with E-state index in [4.69, 9.17) is 6.57 Å². The number of hydrogen-bond donors (Lipinski definition) is 1. The van der Waals surface area contributed by atoms with Gasteiger partial charge in [-0.3, -0.25) is 4.79 Å². The van der Waals surface area contributed by atoms with Gasteiger partial charge in [-0.25, -0.2) is 4.85 Å². The zero-order chi connectivity index (χ0) is 30.0. The van der Waals surface area contributed by atoms with Crippen LogP contribution in [0, 0.1) is 6.57 Å². The molecule has 2 unspecified atom stereocenters. The lowest BCUT2D eigenvalue weighted by Crippen LogP contribution is -2.26. The summed E-state index contributed by atoms with van der Waals surface area (Å²) >= 11 is 1.52. The summed E-state index contributed by atoms with van der Waals surface area (Å²) in [5, 5.41) is 9.23. The number of carboxylic acids is 1. The van der Waals surface area contributed by atoms with E-state index in [0.717, 1.165) is 15.3 Å². The van der Waals surface area contributed by atoms with Crippen LogP contribution in [0.15, 0.2) is 121 Å². The molecule has 2 atom stereocenters. The Bertz CT molecular complexity index is 1890. The standard InChI is InChI=1S/C39H30N2O2S/c1-40-35(39(42)43)25-31-20-22-38(44-31)29-17-21-37-34(24-29)32-13-8-14-36(32)41(37)30-18-15-26(16-19-30)23-33(27-9-4-2-5-10-27)28-11-6-3-7-12-28/h2-7,9-12,15-25,32,36H,8,13-14H2,(H,42,43)/b35-25-. The first kappa shape index (κ1) is 27.6. The summed E-state index contributed by atoms with van der Waals surface area (Å²) in [6.45, 7) is 7.14. The Balaban J connectivity index is 1.20. The van der Waals surface area contributed by atoms with Gasteiger partial charge in [-0.1, -0.05) is 85.3 Å². The number of carbonyl (C=O) groups is 1. The molecule has 0 spiro atoms. The van der Waals surface area contributed by atoms with Crippen LogP contribution in [-0.4, -0.2) is 17.1 Å². The topological polar surface area (TPSA) is 44.9 Å². The van der Waals surface area contributed by atoms with Gasteiger partial charge < -0.3 is 10.0 Å². The van der Waals surface area contributed by atoms with Crippen molar-refractivity contribution in [2.24, 2.45) is 0 Å². The van der Waals surface area contributed by atoms with Crippen LogP contribution in [0.3, 0.4) is 0 Å². The van der Waals surface area contributed by atoms with E-state index in [2.05, 4.69) is 119 Å². The fourth-order valence-corrected chi connectivity index (χ4v) is 7.62. The van der Waals surface area contributed by atoms with Gasteiger partial charge in [0.15, 0.2) is 0 Å². The number of thiophene rings is 1. The Morgan fingerprint density at radius 3 is 2.20 bits per heavy atom. The quantitative estimate of drug-likeness (QED) is 0.117. The molecule has 1 aliphatic carbocycles. The lowest BCUT2D eigenvalue weighted by molar-refractivity contribution is -0.132. The summed E-state index contributed by atoms with van der Waals surface area (Å²) in [7, 11) is 0. The van der Waals surface area contributed by atoms with Gasteiger partial charge in [-0.2, -0.15) is 0 Å².